The summed E-state index contributed by atoms with van der Waals surface area (Å²) in [5, 5.41) is 4.56. The molecule has 1 fully saturated rings. The van der Waals surface area contributed by atoms with Crippen molar-refractivity contribution in [2.75, 3.05) is 26.2 Å². The number of ether oxygens (including phenoxy) is 1. The van der Waals surface area contributed by atoms with Gasteiger partial charge in [-0.3, -0.25) is 4.79 Å². The van der Waals surface area contributed by atoms with Crippen molar-refractivity contribution in [3.8, 4) is 0 Å². The highest BCUT2D eigenvalue weighted by atomic mass is 32.2. The van der Waals surface area contributed by atoms with Crippen LogP contribution in [0.1, 0.15) is 41.3 Å². The average molecular weight is 478 g/mol. The van der Waals surface area contributed by atoms with Gasteiger partial charge in [0.05, 0.1) is 12.2 Å². The Hall–Kier alpha value is -2.43. The van der Waals surface area contributed by atoms with Crippen LogP contribution in [-0.4, -0.2) is 61.9 Å². The second-order valence-corrected chi connectivity index (χ2v) is 11.0. The monoisotopic (exact) mass is 477 g/mol. The highest BCUT2D eigenvalue weighted by Crippen LogP contribution is 2.28. The molecule has 3 heterocycles. The molecule has 2 aromatic rings. The van der Waals surface area contributed by atoms with E-state index in [1.54, 1.807) is 17.2 Å². The molecule has 2 aliphatic rings. The average Bonchev–Trinajstić information content (AvgIpc) is 3.31. The minimum absolute atomic E-state index is 0.0632. The van der Waals surface area contributed by atoms with Crippen molar-refractivity contribution in [3.63, 3.8) is 0 Å². The molecule has 1 N–H and O–H groups in total. The first-order chi connectivity index (χ1) is 15.4. The summed E-state index contributed by atoms with van der Waals surface area (Å²) in [4.78, 5) is 26.1. The van der Waals surface area contributed by atoms with E-state index < -0.39 is 10.0 Å². The molecule has 0 spiro atoms. The number of carbonyl (C=O) groups excluding carboxylic acids is 2. The number of nitrogens with zero attached hydrogens (tertiary/aromatic N) is 2. The molecule has 4 rings (SSSR count). The van der Waals surface area contributed by atoms with Gasteiger partial charge in [0.25, 0.3) is 15.9 Å². The number of hydrogen-bond acceptors (Lipinski definition) is 6. The first kappa shape index (κ1) is 22.8. The Morgan fingerprint density at radius 1 is 1.16 bits per heavy atom. The molecule has 8 nitrogen and oxygen atoms in total. The van der Waals surface area contributed by atoms with E-state index in [0.29, 0.717) is 57.6 Å². The van der Waals surface area contributed by atoms with Gasteiger partial charge in [-0.15, -0.1) is 11.3 Å². The third kappa shape index (κ3) is 4.82. The molecule has 0 saturated carbocycles. The van der Waals surface area contributed by atoms with Crippen molar-refractivity contribution in [2.45, 2.75) is 43.0 Å². The molecule has 1 saturated heterocycles. The number of sulfonamides is 1. The molecule has 0 aliphatic carbocycles. The maximum atomic E-state index is 13.1. The minimum Gasteiger partial charge on any atom is -0.450 e. The number of nitrogens with one attached hydrogen (secondary N) is 1. The molecular weight excluding hydrogens is 450 g/mol. The summed E-state index contributed by atoms with van der Waals surface area (Å²) >= 11 is 1.07. The fourth-order valence-electron chi connectivity index (χ4n) is 4.06. The van der Waals surface area contributed by atoms with Crippen LogP contribution in [-0.2, 0) is 27.7 Å². The summed E-state index contributed by atoms with van der Waals surface area (Å²) in [6, 6.07) is 9.27. The van der Waals surface area contributed by atoms with Gasteiger partial charge < -0.3 is 15.0 Å². The van der Waals surface area contributed by atoms with Crippen LogP contribution in [0.15, 0.2) is 39.9 Å². The molecule has 10 heteroatoms. The minimum atomic E-state index is -3.66. The zero-order valence-electron chi connectivity index (χ0n) is 18.0. The molecule has 0 unspecified atom stereocenters. The summed E-state index contributed by atoms with van der Waals surface area (Å²) in [6.45, 7) is 3.91. The number of hydrogen-bond donors (Lipinski definition) is 1. The maximum absolute atomic E-state index is 13.1. The maximum Gasteiger partial charge on any atom is 0.409 e. The normalized spacial score (nSPS) is 17.6. The van der Waals surface area contributed by atoms with Crippen LogP contribution < -0.4 is 5.32 Å². The molecule has 172 valence electrons. The van der Waals surface area contributed by atoms with Gasteiger partial charge in [-0.05, 0) is 43.4 Å². The molecule has 2 aliphatic heterocycles. The van der Waals surface area contributed by atoms with Gasteiger partial charge in [0, 0.05) is 37.6 Å². The summed E-state index contributed by atoms with van der Waals surface area (Å²) in [5.41, 5.74) is 2.55. The number of fused-ring (bicyclic) bond motifs is 1. The number of piperidine rings is 1. The molecule has 1 aromatic carbocycles. The van der Waals surface area contributed by atoms with Crippen LogP contribution in [0.5, 0.6) is 0 Å². The van der Waals surface area contributed by atoms with Gasteiger partial charge in [0.15, 0.2) is 0 Å². The highest BCUT2D eigenvalue weighted by Gasteiger charge is 2.31. The number of thiophene rings is 1. The Balaban J connectivity index is 1.36. The fourth-order valence-corrected chi connectivity index (χ4v) is 6.79. The molecule has 0 bridgehead atoms. The number of benzene rings is 1. The van der Waals surface area contributed by atoms with Crippen LogP contribution in [0.4, 0.5) is 4.79 Å². The lowest BCUT2D eigenvalue weighted by Crippen LogP contribution is -2.46. The second-order valence-electron chi connectivity index (χ2n) is 7.95. The number of carbonyl (C=O) groups is 2. The predicted molar refractivity (Wildman–Crippen MR) is 121 cm³/mol. The van der Waals surface area contributed by atoms with Crippen molar-refractivity contribution in [2.24, 2.45) is 0 Å². The smallest absolute Gasteiger partial charge is 0.409 e. The van der Waals surface area contributed by atoms with Crippen LogP contribution in [0.25, 0.3) is 0 Å². The van der Waals surface area contributed by atoms with E-state index in [4.69, 9.17) is 4.74 Å². The zero-order valence-corrected chi connectivity index (χ0v) is 19.6. The van der Waals surface area contributed by atoms with Crippen LogP contribution in [0, 0.1) is 0 Å². The Morgan fingerprint density at radius 2 is 1.88 bits per heavy atom. The third-order valence-corrected chi connectivity index (χ3v) is 9.14. The quantitative estimate of drug-likeness (QED) is 0.714. The van der Waals surface area contributed by atoms with Crippen molar-refractivity contribution in [1.82, 2.24) is 14.5 Å². The van der Waals surface area contributed by atoms with E-state index in [2.05, 4.69) is 5.32 Å². The second kappa shape index (κ2) is 9.60. The zero-order chi connectivity index (χ0) is 22.7. The van der Waals surface area contributed by atoms with Crippen molar-refractivity contribution in [3.05, 3.63) is 52.4 Å². The molecule has 2 amide bonds. The lowest BCUT2D eigenvalue weighted by atomic mass is 10.0. The van der Waals surface area contributed by atoms with E-state index in [1.165, 1.54) is 15.9 Å². The third-order valence-electron chi connectivity index (χ3n) is 5.88. The van der Waals surface area contributed by atoms with Crippen molar-refractivity contribution < 1.29 is 22.7 Å². The Kier molecular flexibility index (Phi) is 6.82. The largest absolute Gasteiger partial charge is 0.450 e. The molecule has 0 atom stereocenters. The lowest BCUT2D eigenvalue weighted by molar-refractivity contribution is 0.0860. The lowest BCUT2D eigenvalue weighted by Gasteiger charge is -2.31. The first-order valence-corrected chi connectivity index (χ1v) is 13.1. The number of amides is 2. The van der Waals surface area contributed by atoms with E-state index in [-0.39, 0.29) is 22.3 Å². The molecule has 32 heavy (non-hydrogen) atoms. The Morgan fingerprint density at radius 3 is 2.59 bits per heavy atom. The fraction of sp³-hybridized carbons (Fsp3) is 0.455. The van der Waals surface area contributed by atoms with Crippen LogP contribution in [0.3, 0.4) is 0 Å². The number of rotatable bonds is 5. The van der Waals surface area contributed by atoms with Crippen molar-refractivity contribution >= 4 is 33.4 Å². The van der Waals surface area contributed by atoms with E-state index in [0.717, 1.165) is 16.9 Å². The van der Waals surface area contributed by atoms with E-state index >= 15 is 0 Å². The van der Waals surface area contributed by atoms with Crippen LogP contribution >= 0.6 is 11.3 Å². The first-order valence-electron chi connectivity index (χ1n) is 10.8. The SMILES string of the molecule is CCOC(=O)N1CCC(NC(=O)c2csc(S(=O)(=O)N3CCc4ccccc4C3)c2)CC1. The Bertz CT molecular complexity index is 1090. The summed E-state index contributed by atoms with van der Waals surface area (Å²) in [5.74, 6) is -0.290. The Labute approximate surface area is 192 Å². The van der Waals surface area contributed by atoms with Gasteiger partial charge >= 0.3 is 6.09 Å². The van der Waals surface area contributed by atoms with Gasteiger partial charge in [0.2, 0.25) is 0 Å². The van der Waals surface area contributed by atoms with Gasteiger partial charge in [0.1, 0.15) is 4.21 Å². The van der Waals surface area contributed by atoms with Crippen LogP contribution in [0.2, 0.25) is 0 Å². The highest BCUT2D eigenvalue weighted by molar-refractivity contribution is 7.91. The van der Waals surface area contributed by atoms with Crippen molar-refractivity contribution in [1.29, 1.82) is 0 Å². The van der Waals surface area contributed by atoms with Gasteiger partial charge in [-0.2, -0.15) is 4.31 Å². The predicted octanol–water partition coefficient (Wildman–Crippen LogP) is 2.85. The topological polar surface area (TPSA) is 96.0 Å². The molecular formula is C22H27N3O5S2. The number of likely N-dealkylation sites (tertiary alicyclic amines) is 1. The standard InChI is InChI=1S/C22H27N3O5S2/c1-2-30-22(27)24-10-8-19(9-11-24)23-21(26)18-13-20(31-15-18)32(28,29)25-12-7-16-5-3-4-6-17(16)14-25/h3-6,13,15,19H,2,7-12,14H2,1H3,(H,23,26). The summed E-state index contributed by atoms with van der Waals surface area (Å²) < 4.78 is 32.9. The summed E-state index contributed by atoms with van der Waals surface area (Å²) in [6.07, 6.45) is 1.61. The van der Waals surface area contributed by atoms with Gasteiger partial charge in [-0.25, -0.2) is 13.2 Å². The molecule has 1 aromatic heterocycles. The van der Waals surface area contributed by atoms with E-state index in [1.807, 2.05) is 24.3 Å². The molecule has 0 radical (unpaired) electrons. The van der Waals surface area contributed by atoms with Gasteiger partial charge in [-0.1, -0.05) is 24.3 Å². The summed E-state index contributed by atoms with van der Waals surface area (Å²) in [7, 11) is -3.66. The van der Waals surface area contributed by atoms with E-state index in [9.17, 15) is 18.0 Å².